The van der Waals surface area contributed by atoms with Crippen LogP contribution in [0.2, 0.25) is 0 Å². The van der Waals surface area contributed by atoms with Gasteiger partial charge in [-0.25, -0.2) is 4.79 Å². The number of ether oxygens (including phenoxy) is 2. The highest BCUT2D eigenvalue weighted by Crippen LogP contribution is 2.55. The maximum atomic E-state index is 13.6. The van der Waals surface area contributed by atoms with Crippen molar-refractivity contribution in [3.05, 3.63) is 52.6 Å². The van der Waals surface area contributed by atoms with Gasteiger partial charge in [-0.1, -0.05) is 32.0 Å². The molecule has 2 heterocycles. The van der Waals surface area contributed by atoms with Gasteiger partial charge in [0.05, 0.1) is 0 Å². The van der Waals surface area contributed by atoms with Crippen molar-refractivity contribution in [3.63, 3.8) is 0 Å². The number of fused-ring (bicyclic) bond motifs is 3. The first-order chi connectivity index (χ1) is 13.9. The number of carbonyl (C=O) groups excluding carboxylic acids is 3. The Balaban J connectivity index is 2.03. The van der Waals surface area contributed by atoms with Crippen molar-refractivity contribution >= 4 is 17.7 Å². The molecular formula is C23H26N2O5. The summed E-state index contributed by atoms with van der Waals surface area (Å²) in [6.07, 6.45) is 0.763. The number of amides is 1. The third kappa shape index (κ3) is 2.83. The summed E-state index contributed by atoms with van der Waals surface area (Å²) in [6, 6.07) is 6.83. The minimum Gasteiger partial charge on any atom is -0.456 e. The number of carbonyl (C=O) groups is 3. The lowest BCUT2D eigenvalue weighted by atomic mass is 9.63. The summed E-state index contributed by atoms with van der Waals surface area (Å²) in [5.74, 6) is -1.35. The first-order valence-electron chi connectivity index (χ1n) is 9.96. The SMILES string of the molecule is CC1(C)CC(=O)C2=C(C1)NC(=O)[C@]21C(C(=O)OC(C)(C)C)=C(N)Oc2ccccc21. The minimum absolute atomic E-state index is 0.147. The molecule has 1 amide bonds. The molecule has 1 aliphatic carbocycles. The fourth-order valence-electron chi connectivity index (χ4n) is 4.64. The fourth-order valence-corrected chi connectivity index (χ4v) is 4.64. The molecule has 7 nitrogen and oxygen atoms in total. The number of para-hydroxylation sites is 1. The van der Waals surface area contributed by atoms with Gasteiger partial charge in [0.2, 0.25) is 11.8 Å². The molecule has 4 rings (SSSR count). The molecule has 1 aromatic carbocycles. The standard InChI is InChI=1S/C23H26N2O5/c1-21(2,3)30-19(27)17-18(24)29-15-9-7-6-8-12(15)23(17)16-13(25-20(23)28)10-22(4,5)11-14(16)26/h6-9H,10-11,24H2,1-5H3,(H,25,28)/t23-/m0/s1. The van der Waals surface area contributed by atoms with Crippen molar-refractivity contribution in [2.24, 2.45) is 11.1 Å². The quantitative estimate of drug-likeness (QED) is 0.689. The van der Waals surface area contributed by atoms with Crippen LogP contribution in [0.1, 0.15) is 53.0 Å². The van der Waals surface area contributed by atoms with E-state index in [9.17, 15) is 14.4 Å². The summed E-state index contributed by atoms with van der Waals surface area (Å²) >= 11 is 0. The van der Waals surface area contributed by atoms with Gasteiger partial charge in [0.15, 0.2) is 5.78 Å². The van der Waals surface area contributed by atoms with Gasteiger partial charge in [-0.2, -0.15) is 0 Å². The predicted molar refractivity (Wildman–Crippen MR) is 109 cm³/mol. The van der Waals surface area contributed by atoms with Crippen LogP contribution in [0.15, 0.2) is 47.0 Å². The number of allylic oxidation sites excluding steroid dienone is 1. The lowest BCUT2D eigenvalue weighted by molar-refractivity contribution is -0.152. The van der Waals surface area contributed by atoms with Crippen LogP contribution in [0.5, 0.6) is 5.75 Å². The molecule has 0 radical (unpaired) electrons. The molecule has 3 aliphatic rings. The maximum absolute atomic E-state index is 13.6. The molecular weight excluding hydrogens is 384 g/mol. The summed E-state index contributed by atoms with van der Waals surface area (Å²) in [5.41, 5.74) is 4.44. The number of hydrogen-bond acceptors (Lipinski definition) is 6. The van der Waals surface area contributed by atoms with Crippen molar-refractivity contribution in [1.29, 1.82) is 0 Å². The van der Waals surface area contributed by atoms with E-state index in [2.05, 4.69) is 5.32 Å². The molecule has 0 saturated heterocycles. The molecule has 0 saturated carbocycles. The van der Waals surface area contributed by atoms with Crippen LogP contribution in [-0.2, 0) is 24.5 Å². The third-order valence-electron chi connectivity index (χ3n) is 5.59. The van der Waals surface area contributed by atoms with Gasteiger partial charge in [0.25, 0.3) is 0 Å². The van der Waals surface area contributed by atoms with Gasteiger partial charge in [0.1, 0.15) is 22.3 Å². The van der Waals surface area contributed by atoms with E-state index < -0.39 is 22.9 Å². The smallest absolute Gasteiger partial charge is 0.341 e. The van der Waals surface area contributed by atoms with Gasteiger partial charge in [0, 0.05) is 23.3 Å². The molecule has 0 aromatic heterocycles. The van der Waals surface area contributed by atoms with Gasteiger partial charge < -0.3 is 20.5 Å². The molecule has 1 spiro atoms. The zero-order valence-electron chi connectivity index (χ0n) is 17.8. The highest BCUT2D eigenvalue weighted by molar-refractivity contribution is 6.19. The second kappa shape index (κ2) is 6.20. The molecule has 1 atom stereocenters. The van der Waals surface area contributed by atoms with E-state index in [0.717, 1.165) is 0 Å². The Bertz CT molecular complexity index is 1060. The van der Waals surface area contributed by atoms with E-state index in [-0.39, 0.29) is 34.6 Å². The molecule has 0 unspecified atom stereocenters. The number of Topliss-reactive ketones (excluding diaryl/α,β-unsaturated/α-hetero) is 1. The summed E-state index contributed by atoms with van der Waals surface area (Å²) in [7, 11) is 0. The van der Waals surface area contributed by atoms with Crippen molar-refractivity contribution in [2.45, 2.75) is 58.5 Å². The summed E-state index contributed by atoms with van der Waals surface area (Å²) < 4.78 is 11.3. The van der Waals surface area contributed by atoms with E-state index in [1.165, 1.54) is 0 Å². The molecule has 1 aromatic rings. The number of benzene rings is 1. The normalized spacial score (nSPS) is 25.0. The predicted octanol–water partition coefficient (Wildman–Crippen LogP) is 2.60. The molecule has 158 valence electrons. The van der Waals surface area contributed by atoms with E-state index in [1.807, 2.05) is 13.8 Å². The largest absolute Gasteiger partial charge is 0.456 e. The topological polar surface area (TPSA) is 108 Å². The molecule has 0 fully saturated rings. The number of nitrogens with two attached hydrogens (primary N) is 1. The monoisotopic (exact) mass is 410 g/mol. The van der Waals surface area contributed by atoms with Crippen LogP contribution in [0.25, 0.3) is 0 Å². The lowest BCUT2D eigenvalue weighted by Gasteiger charge is -2.39. The van der Waals surface area contributed by atoms with E-state index in [1.54, 1.807) is 45.0 Å². The van der Waals surface area contributed by atoms with E-state index >= 15 is 0 Å². The average molecular weight is 410 g/mol. The first-order valence-corrected chi connectivity index (χ1v) is 9.96. The van der Waals surface area contributed by atoms with E-state index in [0.29, 0.717) is 23.4 Å². The van der Waals surface area contributed by atoms with Crippen molar-refractivity contribution in [3.8, 4) is 5.75 Å². The number of ketones is 1. The minimum atomic E-state index is -1.69. The first kappa shape index (κ1) is 20.2. The van der Waals surface area contributed by atoms with Crippen LogP contribution in [0.4, 0.5) is 0 Å². The zero-order valence-corrected chi connectivity index (χ0v) is 17.8. The molecule has 3 N–H and O–H groups in total. The Morgan fingerprint density at radius 2 is 1.83 bits per heavy atom. The lowest BCUT2D eigenvalue weighted by Crippen LogP contribution is -2.49. The highest BCUT2D eigenvalue weighted by atomic mass is 16.6. The molecule has 0 bridgehead atoms. The Morgan fingerprint density at radius 3 is 2.50 bits per heavy atom. The fraction of sp³-hybridized carbons (Fsp3) is 0.435. The van der Waals surface area contributed by atoms with Crippen molar-refractivity contribution in [1.82, 2.24) is 5.32 Å². The number of hydrogen-bond donors (Lipinski definition) is 2. The number of esters is 1. The number of nitrogens with one attached hydrogen (secondary N) is 1. The van der Waals surface area contributed by atoms with Crippen LogP contribution >= 0.6 is 0 Å². The Morgan fingerprint density at radius 1 is 1.17 bits per heavy atom. The summed E-state index contributed by atoms with van der Waals surface area (Å²) in [6.45, 7) is 9.12. The van der Waals surface area contributed by atoms with Gasteiger partial charge in [-0.3, -0.25) is 9.59 Å². The van der Waals surface area contributed by atoms with Crippen molar-refractivity contribution in [2.75, 3.05) is 0 Å². The van der Waals surface area contributed by atoms with Crippen LogP contribution in [0.3, 0.4) is 0 Å². The van der Waals surface area contributed by atoms with Crippen LogP contribution in [-0.4, -0.2) is 23.3 Å². The highest BCUT2D eigenvalue weighted by Gasteiger charge is 2.63. The van der Waals surface area contributed by atoms with Crippen molar-refractivity contribution < 1.29 is 23.9 Å². The molecule has 7 heteroatoms. The van der Waals surface area contributed by atoms with E-state index in [4.69, 9.17) is 15.2 Å². The maximum Gasteiger partial charge on any atom is 0.341 e. The number of rotatable bonds is 1. The second-order valence-corrected chi connectivity index (χ2v) is 9.84. The Kier molecular flexibility index (Phi) is 4.18. The molecule has 2 aliphatic heterocycles. The second-order valence-electron chi connectivity index (χ2n) is 9.84. The van der Waals surface area contributed by atoms with Gasteiger partial charge in [-0.05, 0) is 38.7 Å². The van der Waals surface area contributed by atoms with Gasteiger partial charge >= 0.3 is 5.97 Å². The van der Waals surface area contributed by atoms with Gasteiger partial charge in [-0.15, -0.1) is 0 Å². The molecule has 30 heavy (non-hydrogen) atoms. The average Bonchev–Trinajstić information content (AvgIpc) is 2.84. The van der Waals surface area contributed by atoms with Crippen LogP contribution < -0.4 is 15.8 Å². The zero-order chi connectivity index (χ0) is 22.1. The Labute approximate surface area is 175 Å². The van der Waals surface area contributed by atoms with Crippen LogP contribution in [0, 0.1) is 5.41 Å². The Hall–Kier alpha value is -3.09. The third-order valence-corrected chi connectivity index (χ3v) is 5.59. The summed E-state index contributed by atoms with van der Waals surface area (Å²) in [5, 5.41) is 2.88. The summed E-state index contributed by atoms with van der Waals surface area (Å²) in [4.78, 5) is 40.3.